The Morgan fingerprint density at radius 3 is 2.80 bits per heavy atom. The maximum atomic E-state index is 11.8. The van der Waals surface area contributed by atoms with Crippen LogP contribution in [0, 0.1) is 5.92 Å². The van der Waals surface area contributed by atoms with Gasteiger partial charge in [0.25, 0.3) is 0 Å². The monoisotopic (exact) mass is 299 g/mol. The number of nitrogens with two attached hydrogens (primary N) is 1. The van der Waals surface area contributed by atoms with Gasteiger partial charge in [0.05, 0.1) is 22.4 Å². The third-order valence-corrected chi connectivity index (χ3v) is 5.10. The molecule has 1 aliphatic rings. The summed E-state index contributed by atoms with van der Waals surface area (Å²) in [6.07, 6.45) is 1.22. The van der Waals surface area contributed by atoms with Crippen LogP contribution in [0.3, 0.4) is 0 Å². The number of nitrogens with one attached hydrogen (secondary N) is 2. The molecule has 1 heterocycles. The lowest BCUT2D eigenvalue weighted by Gasteiger charge is -2.17. The first kappa shape index (κ1) is 15.1. The van der Waals surface area contributed by atoms with E-state index in [0.717, 1.165) is 13.0 Å². The minimum absolute atomic E-state index is 0.201. The van der Waals surface area contributed by atoms with Crippen LogP contribution >= 0.6 is 0 Å². The number of ether oxygens (including phenoxy) is 1. The highest BCUT2D eigenvalue weighted by Gasteiger charge is 2.24. The molecule has 7 heteroatoms. The van der Waals surface area contributed by atoms with E-state index in [4.69, 9.17) is 10.5 Å². The molecule has 1 aromatic carbocycles. The molecule has 1 fully saturated rings. The topological polar surface area (TPSA) is 93.5 Å². The Labute approximate surface area is 119 Å². The molecule has 2 unspecified atom stereocenters. The van der Waals surface area contributed by atoms with E-state index in [1.807, 2.05) is 6.92 Å². The molecular formula is C13H21N3O3S. The van der Waals surface area contributed by atoms with Crippen LogP contribution in [-0.4, -0.2) is 34.7 Å². The summed E-state index contributed by atoms with van der Waals surface area (Å²) in [6.45, 7) is 3.54. The summed E-state index contributed by atoms with van der Waals surface area (Å²) in [5.41, 5.74) is 7.06. The molecule has 1 aliphatic heterocycles. The van der Waals surface area contributed by atoms with Crippen LogP contribution in [0.2, 0.25) is 0 Å². The van der Waals surface area contributed by atoms with Crippen LogP contribution in [0.4, 0.5) is 11.4 Å². The first-order chi connectivity index (χ1) is 9.44. The van der Waals surface area contributed by atoms with Gasteiger partial charge in [-0.05, 0) is 38.6 Å². The van der Waals surface area contributed by atoms with E-state index in [0.29, 0.717) is 23.8 Å². The van der Waals surface area contributed by atoms with Crippen molar-refractivity contribution in [3.8, 4) is 0 Å². The van der Waals surface area contributed by atoms with E-state index >= 15 is 0 Å². The molecule has 0 spiro atoms. The quantitative estimate of drug-likeness (QED) is 0.706. The second kappa shape index (κ2) is 5.99. The van der Waals surface area contributed by atoms with Crippen molar-refractivity contribution < 1.29 is 13.2 Å². The summed E-state index contributed by atoms with van der Waals surface area (Å²) >= 11 is 0. The van der Waals surface area contributed by atoms with Crippen molar-refractivity contribution >= 4 is 21.4 Å². The third-order valence-electron chi connectivity index (χ3n) is 3.69. The predicted octanol–water partition coefficient (Wildman–Crippen LogP) is 1.01. The van der Waals surface area contributed by atoms with Gasteiger partial charge in [-0.15, -0.1) is 0 Å². The second-order valence-electron chi connectivity index (χ2n) is 4.96. The fourth-order valence-corrected chi connectivity index (χ4v) is 3.01. The van der Waals surface area contributed by atoms with Crippen molar-refractivity contribution in [3.05, 3.63) is 18.2 Å². The van der Waals surface area contributed by atoms with E-state index < -0.39 is 10.0 Å². The molecule has 0 bridgehead atoms. The zero-order valence-electron chi connectivity index (χ0n) is 11.7. The third kappa shape index (κ3) is 3.23. The normalized spacial score (nSPS) is 22.9. The van der Waals surface area contributed by atoms with Crippen molar-refractivity contribution in [1.82, 2.24) is 4.72 Å². The molecule has 0 radical (unpaired) electrons. The lowest BCUT2D eigenvalue weighted by molar-refractivity contribution is 0.108. The van der Waals surface area contributed by atoms with Gasteiger partial charge in [0.1, 0.15) is 0 Å². The number of rotatable bonds is 5. The smallest absolute Gasteiger partial charge is 0.240 e. The van der Waals surface area contributed by atoms with E-state index in [1.165, 1.54) is 13.1 Å². The Balaban J connectivity index is 2.13. The predicted molar refractivity (Wildman–Crippen MR) is 79.1 cm³/mol. The van der Waals surface area contributed by atoms with Crippen molar-refractivity contribution in [1.29, 1.82) is 0 Å². The van der Waals surface area contributed by atoms with Gasteiger partial charge in [-0.2, -0.15) is 0 Å². The second-order valence-corrected chi connectivity index (χ2v) is 6.85. The van der Waals surface area contributed by atoms with Gasteiger partial charge in [-0.25, -0.2) is 13.1 Å². The van der Waals surface area contributed by atoms with E-state index in [1.54, 1.807) is 12.1 Å². The largest absolute Gasteiger partial charge is 0.397 e. The number of hydrogen-bond donors (Lipinski definition) is 3. The average Bonchev–Trinajstić information content (AvgIpc) is 2.83. The molecule has 0 amide bonds. The van der Waals surface area contributed by atoms with Gasteiger partial charge in [0.15, 0.2) is 0 Å². The Hall–Kier alpha value is -1.31. The molecule has 0 aromatic heterocycles. The maximum Gasteiger partial charge on any atom is 0.240 e. The number of nitrogen functional groups attached to an aromatic ring is 1. The van der Waals surface area contributed by atoms with Crippen LogP contribution < -0.4 is 15.8 Å². The molecule has 0 aliphatic carbocycles. The Bertz CT molecular complexity index is 574. The van der Waals surface area contributed by atoms with E-state index in [-0.39, 0.29) is 11.0 Å². The minimum atomic E-state index is -3.46. The van der Waals surface area contributed by atoms with Crippen LogP contribution in [0.1, 0.15) is 13.3 Å². The first-order valence-corrected chi connectivity index (χ1v) is 8.11. The van der Waals surface area contributed by atoms with Crippen molar-refractivity contribution in [2.75, 3.05) is 31.2 Å². The Morgan fingerprint density at radius 2 is 2.20 bits per heavy atom. The zero-order valence-corrected chi connectivity index (χ0v) is 12.5. The summed E-state index contributed by atoms with van der Waals surface area (Å²) in [7, 11) is -2.07. The van der Waals surface area contributed by atoms with Crippen LogP contribution in [0.15, 0.2) is 23.1 Å². The lowest BCUT2D eigenvalue weighted by Crippen LogP contribution is -2.22. The summed E-state index contributed by atoms with van der Waals surface area (Å²) in [5, 5.41) is 3.22. The summed E-state index contributed by atoms with van der Waals surface area (Å²) in [5.74, 6) is 0.416. The SMILES string of the molecule is CNS(=O)(=O)c1ccc(N)c(NCC2CCOC2C)c1. The summed E-state index contributed by atoms with van der Waals surface area (Å²) in [4.78, 5) is 0.201. The van der Waals surface area contributed by atoms with Gasteiger partial charge in [-0.3, -0.25) is 0 Å². The van der Waals surface area contributed by atoms with Crippen molar-refractivity contribution in [3.63, 3.8) is 0 Å². The summed E-state index contributed by atoms with van der Waals surface area (Å²) < 4.78 is 31.3. The molecule has 20 heavy (non-hydrogen) atoms. The van der Waals surface area contributed by atoms with Gasteiger partial charge in [0.2, 0.25) is 10.0 Å². The van der Waals surface area contributed by atoms with Gasteiger partial charge >= 0.3 is 0 Å². The molecule has 112 valence electrons. The highest BCUT2D eigenvalue weighted by molar-refractivity contribution is 7.89. The van der Waals surface area contributed by atoms with E-state index in [2.05, 4.69) is 10.0 Å². The number of hydrogen-bond acceptors (Lipinski definition) is 5. The van der Waals surface area contributed by atoms with Gasteiger partial charge in [0, 0.05) is 19.1 Å². The highest BCUT2D eigenvalue weighted by atomic mass is 32.2. The standard InChI is InChI=1S/C13H21N3O3S/c1-9-10(5-6-19-9)8-16-13-7-11(3-4-12(13)14)20(17,18)15-2/h3-4,7,9-10,15-16H,5-6,8,14H2,1-2H3. The Morgan fingerprint density at radius 1 is 1.45 bits per heavy atom. The molecule has 1 aromatic rings. The number of anilines is 2. The molecule has 2 atom stereocenters. The molecule has 4 N–H and O–H groups in total. The lowest BCUT2D eigenvalue weighted by atomic mass is 10.0. The van der Waals surface area contributed by atoms with Crippen molar-refractivity contribution in [2.24, 2.45) is 5.92 Å². The summed E-state index contributed by atoms with van der Waals surface area (Å²) in [6, 6.07) is 4.65. The van der Waals surface area contributed by atoms with Crippen LogP contribution in [-0.2, 0) is 14.8 Å². The van der Waals surface area contributed by atoms with Gasteiger partial charge in [-0.1, -0.05) is 0 Å². The highest BCUT2D eigenvalue weighted by Crippen LogP contribution is 2.25. The van der Waals surface area contributed by atoms with E-state index in [9.17, 15) is 8.42 Å². The van der Waals surface area contributed by atoms with Crippen LogP contribution in [0.25, 0.3) is 0 Å². The van der Waals surface area contributed by atoms with Gasteiger partial charge < -0.3 is 15.8 Å². The zero-order chi connectivity index (χ0) is 14.8. The number of benzene rings is 1. The average molecular weight is 299 g/mol. The first-order valence-electron chi connectivity index (χ1n) is 6.62. The number of sulfonamides is 1. The molecule has 6 nitrogen and oxygen atoms in total. The fraction of sp³-hybridized carbons (Fsp3) is 0.538. The molecule has 2 rings (SSSR count). The molecule has 0 saturated carbocycles. The Kier molecular flexibility index (Phi) is 4.52. The van der Waals surface area contributed by atoms with Crippen molar-refractivity contribution in [2.45, 2.75) is 24.3 Å². The fourth-order valence-electron chi connectivity index (χ4n) is 2.26. The van der Waals surface area contributed by atoms with Crippen LogP contribution in [0.5, 0.6) is 0 Å². The maximum absolute atomic E-state index is 11.8. The minimum Gasteiger partial charge on any atom is -0.397 e. The molecule has 1 saturated heterocycles. The molecular weight excluding hydrogens is 278 g/mol.